The minimum Gasteiger partial charge on any atom is -0.487 e. The summed E-state index contributed by atoms with van der Waals surface area (Å²) in [7, 11) is 0. The lowest BCUT2D eigenvalue weighted by Gasteiger charge is -2.14. The van der Waals surface area contributed by atoms with Crippen molar-refractivity contribution in [2.75, 3.05) is 6.54 Å². The Kier molecular flexibility index (Phi) is 5.20. The van der Waals surface area contributed by atoms with E-state index in [0.717, 1.165) is 11.4 Å². The van der Waals surface area contributed by atoms with Crippen molar-refractivity contribution < 1.29 is 13.9 Å². The Morgan fingerprint density at radius 1 is 1.31 bits per heavy atom. The molecule has 148 valence electrons. The molecule has 0 saturated heterocycles. The predicted octanol–water partition coefficient (Wildman–Crippen LogP) is 4.29. The van der Waals surface area contributed by atoms with Crippen LogP contribution in [0.1, 0.15) is 27.3 Å². The molecule has 1 unspecified atom stereocenters. The van der Waals surface area contributed by atoms with Crippen molar-refractivity contribution in [2.45, 2.75) is 26.4 Å². The monoisotopic (exact) mass is 411 g/mol. The van der Waals surface area contributed by atoms with E-state index in [1.165, 1.54) is 6.07 Å². The van der Waals surface area contributed by atoms with E-state index >= 15 is 0 Å². The number of nitrogens with one attached hydrogen (secondary N) is 1. The summed E-state index contributed by atoms with van der Waals surface area (Å²) in [4.78, 5) is 21.2. The number of nitrogens with zero attached hydrogens (tertiary/aromatic N) is 2. The second-order valence-electron chi connectivity index (χ2n) is 7.01. The summed E-state index contributed by atoms with van der Waals surface area (Å²) in [6.07, 6.45) is 1.68. The average molecular weight is 412 g/mol. The molecule has 0 saturated carbocycles. The third-order valence-electron chi connectivity index (χ3n) is 4.83. The number of carbonyl (C=O) groups is 1. The van der Waals surface area contributed by atoms with Crippen molar-refractivity contribution in [3.8, 4) is 17.0 Å². The summed E-state index contributed by atoms with van der Waals surface area (Å²) in [5, 5.41) is 3.32. The molecule has 0 radical (unpaired) electrons. The third-order valence-corrected chi connectivity index (χ3v) is 5.06. The van der Waals surface area contributed by atoms with Gasteiger partial charge in [0.15, 0.2) is 0 Å². The fraction of sp³-hybridized carbons (Fsp3) is 0.227. The zero-order chi connectivity index (χ0) is 20.5. The molecule has 1 atom stereocenters. The van der Waals surface area contributed by atoms with Crippen molar-refractivity contribution in [2.24, 2.45) is 0 Å². The number of aromatic nitrogens is 2. The van der Waals surface area contributed by atoms with Gasteiger partial charge in [0.2, 0.25) is 0 Å². The largest absolute Gasteiger partial charge is 0.487 e. The molecule has 7 heteroatoms. The molecule has 4 rings (SSSR count). The summed E-state index contributed by atoms with van der Waals surface area (Å²) < 4.78 is 20.5. The first-order chi connectivity index (χ1) is 13.9. The summed E-state index contributed by atoms with van der Waals surface area (Å²) in [5.74, 6) is -0.117. The quantitative estimate of drug-likeness (QED) is 0.695. The molecule has 5 nitrogen and oxygen atoms in total. The van der Waals surface area contributed by atoms with Gasteiger partial charge in [-0.1, -0.05) is 17.7 Å². The summed E-state index contributed by atoms with van der Waals surface area (Å²) in [6.45, 7) is 3.96. The van der Waals surface area contributed by atoms with Crippen molar-refractivity contribution in [3.05, 3.63) is 75.9 Å². The van der Waals surface area contributed by atoms with Gasteiger partial charge in [-0.2, -0.15) is 0 Å². The average Bonchev–Trinajstić information content (AvgIpc) is 3.14. The van der Waals surface area contributed by atoms with E-state index in [9.17, 15) is 9.18 Å². The Labute approximate surface area is 172 Å². The van der Waals surface area contributed by atoms with E-state index in [1.807, 2.05) is 13.8 Å². The van der Waals surface area contributed by atoms with Crippen molar-refractivity contribution >= 4 is 17.5 Å². The number of amides is 1. The minimum absolute atomic E-state index is 0.247. The first-order valence-electron chi connectivity index (χ1n) is 9.25. The van der Waals surface area contributed by atoms with E-state index in [0.29, 0.717) is 39.6 Å². The fourth-order valence-corrected chi connectivity index (χ4v) is 3.59. The Morgan fingerprint density at radius 2 is 2.14 bits per heavy atom. The number of benzene rings is 2. The van der Waals surface area contributed by atoms with Crippen LogP contribution in [-0.2, 0) is 6.42 Å². The van der Waals surface area contributed by atoms with Crippen LogP contribution in [0.4, 0.5) is 4.39 Å². The summed E-state index contributed by atoms with van der Waals surface area (Å²) >= 11 is 5.94. The Bertz CT molecular complexity index is 1100. The molecule has 2 aromatic carbocycles. The smallest absolute Gasteiger partial charge is 0.251 e. The van der Waals surface area contributed by atoms with Gasteiger partial charge in [0, 0.05) is 34.3 Å². The topological polar surface area (TPSA) is 64.1 Å². The lowest BCUT2D eigenvalue weighted by atomic mass is 10.0. The maximum atomic E-state index is 14.4. The zero-order valence-corrected chi connectivity index (χ0v) is 16.8. The highest BCUT2D eigenvalue weighted by Gasteiger charge is 2.30. The number of rotatable bonds is 4. The van der Waals surface area contributed by atoms with Crippen LogP contribution in [0, 0.1) is 19.7 Å². The standard InChI is InChI=1S/C22H19ClFN3O2/c1-12-10-25-13(2)20(27-12)17-6-7-19(24)18-9-16(29-21(17)18)11-26-22(28)14-4-3-5-15(23)8-14/h3-8,10,16H,9,11H2,1-2H3,(H,26,28). The Balaban J connectivity index is 1.54. The lowest BCUT2D eigenvalue weighted by molar-refractivity contribution is 0.0933. The molecule has 0 bridgehead atoms. The number of fused-ring (bicyclic) bond motifs is 1. The van der Waals surface area contributed by atoms with Crippen LogP contribution in [0.3, 0.4) is 0 Å². The van der Waals surface area contributed by atoms with Gasteiger partial charge in [-0.15, -0.1) is 0 Å². The number of ether oxygens (including phenoxy) is 1. The Hall–Kier alpha value is -2.99. The molecule has 1 aliphatic rings. The van der Waals surface area contributed by atoms with E-state index in [-0.39, 0.29) is 24.4 Å². The number of aryl methyl sites for hydroxylation is 2. The molecule has 3 aromatic rings. The number of carbonyl (C=O) groups excluding carboxylic acids is 1. The summed E-state index contributed by atoms with van der Waals surface area (Å²) in [5.41, 5.74) is 3.85. The van der Waals surface area contributed by atoms with E-state index < -0.39 is 0 Å². The first kappa shape index (κ1) is 19.3. The van der Waals surface area contributed by atoms with Crippen LogP contribution in [0.15, 0.2) is 42.6 Å². The highest BCUT2D eigenvalue weighted by Crippen LogP contribution is 2.40. The van der Waals surface area contributed by atoms with E-state index in [1.54, 1.807) is 36.5 Å². The van der Waals surface area contributed by atoms with Crippen LogP contribution in [0.2, 0.25) is 5.02 Å². The van der Waals surface area contributed by atoms with Crippen molar-refractivity contribution in [1.82, 2.24) is 15.3 Å². The first-order valence-corrected chi connectivity index (χ1v) is 9.62. The molecule has 0 spiro atoms. The van der Waals surface area contributed by atoms with Crippen LogP contribution >= 0.6 is 11.6 Å². The van der Waals surface area contributed by atoms with Crippen LogP contribution in [-0.4, -0.2) is 28.5 Å². The van der Waals surface area contributed by atoms with Gasteiger partial charge in [0.05, 0.1) is 23.6 Å². The van der Waals surface area contributed by atoms with Gasteiger partial charge in [0.1, 0.15) is 17.7 Å². The minimum atomic E-state index is -0.373. The molecular weight excluding hydrogens is 393 g/mol. The van der Waals surface area contributed by atoms with Crippen LogP contribution in [0.25, 0.3) is 11.3 Å². The second-order valence-corrected chi connectivity index (χ2v) is 7.45. The third kappa shape index (κ3) is 3.93. The molecule has 0 aliphatic carbocycles. The maximum Gasteiger partial charge on any atom is 0.251 e. The predicted molar refractivity (Wildman–Crippen MR) is 109 cm³/mol. The number of hydrogen-bond acceptors (Lipinski definition) is 4. The fourth-order valence-electron chi connectivity index (χ4n) is 3.40. The molecule has 0 fully saturated rings. The van der Waals surface area contributed by atoms with E-state index in [2.05, 4.69) is 15.3 Å². The SMILES string of the molecule is Cc1cnc(C)c(-c2ccc(F)c3c2OC(CNC(=O)c2cccc(Cl)c2)C3)n1. The van der Waals surface area contributed by atoms with Gasteiger partial charge < -0.3 is 10.1 Å². The maximum absolute atomic E-state index is 14.4. The Morgan fingerprint density at radius 3 is 2.93 bits per heavy atom. The zero-order valence-electron chi connectivity index (χ0n) is 16.0. The van der Waals surface area contributed by atoms with Gasteiger partial charge in [-0.25, -0.2) is 9.37 Å². The van der Waals surface area contributed by atoms with Crippen LogP contribution < -0.4 is 10.1 Å². The highest BCUT2D eigenvalue weighted by molar-refractivity contribution is 6.30. The summed E-state index contributed by atoms with van der Waals surface area (Å²) in [6, 6.07) is 9.79. The number of hydrogen-bond donors (Lipinski definition) is 1. The second kappa shape index (κ2) is 7.79. The molecule has 29 heavy (non-hydrogen) atoms. The highest BCUT2D eigenvalue weighted by atomic mass is 35.5. The lowest BCUT2D eigenvalue weighted by Crippen LogP contribution is -2.34. The molecule has 2 heterocycles. The molecule has 1 aliphatic heterocycles. The molecule has 1 N–H and O–H groups in total. The van der Waals surface area contributed by atoms with Crippen molar-refractivity contribution in [1.29, 1.82) is 0 Å². The normalized spacial score (nSPS) is 15.0. The van der Waals surface area contributed by atoms with Gasteiger partial charge in [-0.05, 0) is 44.2 Å². The molecule has 1 aromatic heterocycles. The number of halogens is 2. The van der Waals surface area contributed by atoms with Crippen molar-refractivity contribution in [3.63, 3.8) is 0 Å². The van der Waals surface area contributed by atoms with Gasteiger partial charge in [-0.3, -0.25) is 9.78 Å². The molecular formula is C22H19ClFN3O2. The van der Waals surface area contributed by atoms with Gasteiger partial charge in [0.25, 0.3) is 5.91 Å². The van der Waals surface area contributed by atoms with Gasteiger partial charge >= 0.3 is 0 Å². The van der Waals surface area contributed by atoms with Crippen LogP contribution in [0.5, 0.6) is 5.75 Å². The van der Waals surface area contributed by atoms with E-state index in [4.69, 9.17) is 16.3 Å². The molecule has 1 amide bonds.